The number of benzene rings is 2. The molecule has 1 aliphatic heterocycles. The maximum absolute atomic E-state index is 6.53. The first-order valence-corrected chi connectivity index (χ1v) is 7.78. The Kier molecular flexibility index (Phi) is 3.01. The minimum absolute atomic E-state index is 0.125. The third kappa shape index (κ3) is 2.04. The number of piperidine rings is 1. The summed E-state index contributed by atoms with van der Waals surface area (Å²) in [7, 11) is 0. The molecule has 104 valence electrons. The molecule has 2 N–H and O–H groups in total. The molecule has 1 heterocycles. The predicted molar refractivity (Wildman–Crippen MR) is 83.6 cm³/mol. The topological polar surface area (TPSA) is 29.3 Å². The molecule has 3 unspecified atom stereocenters. The molecule has 0 aromatic heterocycles. The van der Waals surface area contributed by atoms with Gasteiger partial charge in [-0.2, -0.15) is 0 Å². The summed E-state index contributed by atoms with van der Waals surface area (Å²) < 4.78 is 0. The lowest BCUT2D eigenvalue weighted by Crippen LogP contribution is -2.37. The van der Waals surface area contributed by atoms with Gasteiger partial charge in [-0.05, 0) is 41.5 Å². The van der Waals surface area contributed by atoms with Gasteiger partial charge in [-0.1, -0.05) is 42.5 Å². The first-order valence-electron chi connectivity index (χ1n) is 7.78. The minimum atomic E-state index is 0.125. The van der Waals surface area contributed by atoms with Gasteiger partial charge in [0.05, 0.1) is 0 Å². The maximum Gasteiger partial charge on any atom is 0.0430 e. The molecule has 1 saturated carbocycles. The van der Waals surface area contributed by atoms with Crippen LogP contribution in [-0.2, 0) is 0 Å². The fourth-order valence-corrected chi connectivity index (χ4v) is 4.18. The Hall–Kier alpha value is -1.38. The number of rotatable bonds is 3. The number of hydrogen-bond donors (Lipinski definition) is 1. The highest BCUT2D eigenvalue weighted by atomic mass is 15.2. The van der Waals surface area contributed by atoms with Gasteiger partial charge in [0.15, 0.2) is 0 Å². The van der Waals surface area contributed by atoms with Gasteiger partial charge >= 0.3 is 0 Å². The Morgan fingerprint density at radius 3 is 2.75 bits per heavy atom. The molecule has 0 amide bonds. The number of likely N-dealkylation sites (tertiary alicyclic amines) is 1. The standard InChI is InChI=1S/C18H22N2/c19-18(12-20-11-13-8-9-15(20)10-13)17-7-3-5-14-4-1-2-6-16(14)17/h1-7,13,15,18H,8-12,19H2. The summed E-state index contributed by atoms with van der Waals surface area (Å²) in [4.78, 5) is 2.63. The van der Waals surface area contributed by atoms with Gasteiger partial charge in [0, 0.05) is 25.2 Å². The summed E-state index contributed by atoms with van der Waals surface area (Å²) in [6, 6.07) is 16.0. The first-order chi connectivity index (χ1) is 9.81. The van der Waals surface area contributed by atoms with E-state index < -0.39 is 0 Å². The summed E-state index contributed by atoms with van der Waals surface area (Å²) in [5.74, 6) is 0.944. The molecular weight excluding hydrogens is 244 g/mol. The van der Waals surface area contributed by atoms with Crippen LogP contribution in [0.3, 0.4) is 0 Å². The number of nitrogens with zero attached hydrogens (tertiary/aromatic N) is 1. The largest absolute Gasteiger partial charge is 0.323 e. The van der Waals surface area contributed by atoms with Crippen LogP contribution in [0.15, 0.2) is 42.5 Å². The van der Waals surface area contributed by atoms with Gasteiger partial charge in [0.2, 0.25) is 0 Å². The van der Waals surface area contributed by atoms with Gasteiger partial charge < -0.3 is 5.73 Å². The molecule has 1 saturated heterocycles. The zero-order chi connectivity index (χ0) is 13.5. The molecule has 4 rings (SSSR count). The highest BCUT2D eigenvalue weighted by Crippen LogP contribution is 2.38. The molecule has 3 atom stereocenters. The van der Waals surface area contributed by atoms with E-state index in [2.05, 4.69) is 47.4 Å². The Labute approximate surface area is 120 Å². The molecule has 2 heteroatoms. The van der Waals surface area contributed by atoms with E-state index in [9.17, 15) is 0 Å². The molecule has 2 bridgehead atoms. The van der Waals surface area contributed by atoms with Crippen molar-refractivity contribution in [2.75, 3.05) is 13.1 Å². The monoisotopic (exact) mass is 266 g/mol. The third-order valence-electron chi connectivity index (χ3n) is 5.18. The van der Waals surface area contributed by atoms with Crippen LogP contribution in [0, 0.1) is 5.92 Å². The normalized spacial score (nSPS) is 27.2. The van der Waals surface area contributed by atoms with Gasteiger partial charge in [-0.25, -0.2) is 0 Å². The van der Waals surface area contributed by atoms with E-state index in [0.29, 0.717) is 0 Å². The molecule has 0 spiro atoms. The SMILES string of the molecule is NC(CN1CC2CCC1C2)c1cccc2ccccc12. The van der Waals surface area contributed by atoms with Crippen molar-refractivity contribution in [1.29, 1.82) is 0 Å². The molecule has 20 heavy (non-hydrogen) atoms. The summed E-state index contributed by atoms with van der Waals surface area (Å²) in [5, 5.41) is 2.61. The van der Waals surface area contributed by atoms with Crippen LogP contribution in [0.5, 0.6) is 0 Å². The van der Waals surface area contributed by atoms with E-state index in [1.54, 1.807) is 0 Å². The summed E-state index contributed by atoms with van der Waals surface area (Å²) >= 11 is 0. The molecule has 2 aromatic rings. The first kappa shape index (κ1) is 12.4. The Morgan fingerprint density at radius 1 is 1.10 bits per heavy atom. The lowest BCUT2D eigenvalue weighted by molar-refractivity contribution is 0.202. The van der Waals surface area contributed by atoms with Crippen LogP contribution >= 0.6 is 0 Å². The predicted octanol–water partition coefficient (Wildman–Crippen LogP) is 3.32. The molecule has 2 aliphatic rings. The highest BCUT2D eigenvalue weighted by Gasteiger charge is 2.38. The van der Waals surface area contributed by atoms with Crippen molar-refractivity contribution in [3.63, 3.8) is 0 Å². The smallest absolute Gasteiger partial charge is 0.0430 e. The third-order valence-corrected chi connectivity index (χ3v) is 5.18. The molecule has 0 radical (unpaired) electrons. The zero-order valence-corrected chi connectivity index (χ0v) is 11.8. The Morgan fingerprint density at radius 2 is 1.95 bits per heavy atom. The van der Waals surface area contributed by atoms with E-state index >= 15 is 0 Å². The fourth-order valence-electron chi connectivity index (χ4n) is 4.18. The lowest BCUT2D eigenvalue weighted by atomic mass is 9.98. The summed E-state index contributed by atoms with van der Waals surface area (Å²) in [6.45, 7) is 2.28. The summed E-state index contributed by atoms with van der Waals surface area (Å²) in [6.07, 6.45) is 4.22. The van der Waals surface area contributed by atoms with Crippen molar-refractivity contribution in [1.82, 2.24) is 4.90 Å². The van der Waals surface area contributed by atoms with Crippen molar-refractivity contribution in [3.8, 4) is 0 Å². The quantitative estimate of drug-likeness (QED) is 0.923. The second-order valence-electron chi connectivity index (χ2n) is 6.46. The molecule has 2 fully saturated rings. The van der Waals surface area contributed by atoms with Crippen LogP contribution in [0.1, 0.15) is 30.9 Å². The van der Waals surface area contributed by atoms with Gasteiger partial charge in [0.25, 0.3) is 0 Å². The van der Waals surface area contributed by atoms with Crippen molar-refractivity contribution in [2.24, 2.45) is 11.7 Å². The number of nitrogens with two attached hydrogens (primary N) is 1. The second kappa shape index (κ2) is 4.87. The van der Waals surface area contributed by atoms with Gasteiger partial charge in [-0.15, -0.1) is 0 Å². The van der Waals surface area contributed by atoms with Crippen molar-refractivity contribution in [3.05, 3.63) is 48.0 Å². The van der Waals surface area contributed by atoms with E-state index in [4.69, 9.17) is 5.73 Å². The van der Waals surface area contributed by atoms with Crippen LogP contribution < -0.4 is 5.73 Å². The van der Waals surface area contributed by atoms with Crippen molar-refractivity contribution in [2.45, 2.75) is 31.3 Å². The van der Waals surface area contributed by atoms with E-state index in [-0.39, 0.29) is 6.04 Å². The van der Waals surface area contributed by atoms with Gasteiger partial charge in [-0.3, -0.25) is 4.90 Å². The van der Waals surface area contributed by atoms with Crippen LogP contribution in [0.2, 0.25) is 0 Å². The van der Waals surface area contributed by atoms with Crippen LogP contribution in [-0.4, -0.2) is 24.0 Å². The fraction of sp³-hybridized carbons (Fsp3) is 0.444. The number of fused-ring (bicyclic) bond motifs is 3. The van der Waals surface area contributed by atoms with Crippen molar-refractivity contribution < 1.29 is 0 Å². The van der Waals surface area contributed by atoms with E-state index in [1.165, 1.54) is 42.1 Å². The number of hydrogen-bond acceptors (Lipinski definition) is 2. The Bertz CT molecular complexity index is 616. The van der Waals surface area contributed by atoms with Crippen molar-refractivity contribution >= 4 is 10.8 Å². The summed E-state index contributed by atoms with van der Waals surface area (Å²) in [5.41, 5.74) is 7.83. The van der Waals surface area contributed by atoms with Crippen LogP contribution in [0.4, 0.5) is 0 Å². The van der Waals surface area contributed by atoms with E-state index in [1.807, 2.05) is 0 Å². The zero-order valence-electron chi connectivity index (χ0n) is 11.8. The highest BCUT2D eigenvalue weighted by molar-refractivity contribution is 5.86. The molecular formula is C18H22N2. The Balaban J connectivity index is 1.59. The minimum Gasteiger partial charge on any atom is -0.323 e. The molecule has 2 aromatic carbocycles. The lowest BCUT2D eigenvalue weighted by Gasteiger charge is -2.29. The molecule has 1 aliphatic carbocycles. The second-order valence-corrected chi connectivity index (χ2v) is 6.46. The van der Waals surface area contributed by atoms with Crippen LogP contribution in [0.25, 0.3) is 10.8 Å². The van der Waals surface area contributed by atoms with E-state index in [0.717, 1.165) is 18.5 Å². The molecule has 2 nitrogen and oxygen atoms in total. The maximum atomic E-state index is 6.53. The average molecular weight is 266 g/mol. The average Bonchev–Trinajstić information content (AvgIpc) is 3.09. The van der Waals surface area contributed by atoms with Gasteiger partial charge in [0.1, 0.15) is 0 Å².